The highest BCUT2D eigenvalue weighted by Crippen LogP contribution is 2.26. The van der Waals surface area contributed by atoms with Gasteiger partial charge in [0.05, 0.1) is 10.0 Å². The zero-order valence-corrected chi connectivity index (χ0v) is 13.7. The summed E-state index contributed by atoms with van der Waals surface area (Å²) < 4.78 is 10.7. The van der Waals surface area contributed by atoms with Crippen molar-refractivity contribution in [3.05, 3.63) is 58.6 Å². The molecule has 0 atom stereocenters. The zero-order valence-electron chi connectivity index (χ0n) is 12.2. The van der Waals surface area contributed by atoms with E-state index in [4.69, 9.17) is 32.4 Å². The maximum absolute atomic E-state index is 11.9. The Morgan fingerprint density at radius 2 is 1.88 bits per heavy atom. The Hall–Kier alpha value is -2.57. The van der Waals surface area contributed by atoms with E-state index in [-0.39, 0.29) is 12.6 Å². The summed E-state index contributed by atoms with van der Waals surface area (Å²) in [5, 5.41) is 10.9. The van der Waals surface area contributed by atoms with Crippen LogP contribution in [0, 0.1) is 0 Å². The normalized spacial score (nSPS) is 10.4. The van der Waals surface area contributed by atoms with Gasteiger partial charge in [0.2, 0.25) is 5.89 Å². The van der Waals surface area contributed by atoms with Gasteiger partial charge in [0.25, 0.3) is 5.91 Å². The molecule has 0 unspecified atom stereocenters. The molecular formula is C16H11Cl2N3O3. The third-order valence-corrected chi connectivity index (χ3v) is 3.69. The summed E-state index contributed by atoms with van der Waals surface area (Å²) in [4.78, 5) is 11.9. The maximum Gasteiger partial charge on any atom is 0.322 e. The molecule has 1 N–H and O–H groups in total. The molecule has 3 aromatic rings. The fourth-order valence-electron chi connectivity index (χ4n) is 1.84. The lowest BCUT2D eigenvalue weighted by Gasteiger charge is -2.06. The van der Waals surface area contributed by atoms with Crippen LogP contribution >= 0.6 is 23.2 Å². The van der Waals surface area contributed by atoms with E-state index >= 15 is 0 Å². The molecule has 0 aliphatic carbocycles. The van der Waals surface area contributed by atoms with E-state index < -0.39 is 5.91 Å². The Balaban J connectivity index is 1.57. The predicted molar refractivity (Wildman–Crippen MR) is 90.3 cm³/mol. The number of aromatic nitrogens is 2. The van der Waals surface area contributed by atoms with Gasteiger partial charge >= 0.3 is 6.01 Å². The average Bonchev–Trinajstić information content (AvgIpc) is 3.05. The molecule has 0 aliphatic rings. The Morgan fingerprint density at radius 1 is 1.08 bits per heavy atom. The van der Waals surface area contributed by atoms with Crippen LogP contribution in [0.15, 0.2) is 52.9 Å². The number of nitrogens with zero attached hydrogens (tertiary/aromatic N) is 2. The Kier molecular flexibility index (Phi) is 4.98. The van der Waals surface area contributed by atoms with Crippen molar-refractivity contribution in [1.29, 1.82) is 0 Å². The lowest BCUT2D eigenvalue weighted by molar-refractivity contribution is -0.118. The number of ether oxygens (including phenoxy) is 1. The number of halogens is 2. The zero-order chi connectivity index (χ0) is 16.9. The number of rotatable bonds is 5. The quantitative estimate of drug-likeness (QED) is 0.739. The molecule has 0 radical (unpaired) electrons. The van der Waals surface area contributed by atoms with Crippen LogP contribution in [0.2, 0.25) is 10.0 Å². The van der Waals surface area contributed by atoms with Crippen molar-refractivity contribution < 1.29 is 13.9 Å². The third-order valence-electron chi connectivity index (χ3n) is 2.95. The molecule has 6 nitrogen and oxygen atoms in total. The molecule has 24 heavy (non-hydrogen) atoms. The first-order valence-electron chi connectivity index (χ1n) is 6.88. The van der Waals surface area contributed by atoms with Crippen molar-refractivity contribution in [2.24, 2.45) is 0 Å². The standard InChI is InChI=1S/C16H11Cl2N3O3/c17-12-7-6-11(8-13(12)18)23-9-14(22)19-16-21-20-15(24-16)10-4-2-1-3-5-10/h1-8H,9H2,(H,19,21,22). The molecule has 1 amide bonds. The summed E-state index contributed by atoms with van der Waals surface area (Å²) in [5.41, 5.74) is 0.762. The largest absolute Gasteiger partial charge is 0.484 e. The number of amides is 1. The number of carbonyl (C=O) groups excluding carboxylic acids is 1. The minimum Gasteiger partial charge on any atom is -0.484 e. The van der Waals surface area contributed by atoms with E-state index in [1.165, 1.54) is 6.07 Å². The first kappa shape index (κ1) is 16.3. The van der Waals surface area contributed by atoms with Gasteiger partial charge in [-0.05, 0) is 24.3 Å². The number of nitrogens with one attached hydrogen (secondary N) is 1. The average molecular weight is 364 g/mol. The smallest absolute Gasteiger partial charge is 0.322 e. The fourth-order valence-corrected chi connectivity index (χ4v) is 2.13. The summed E-state index contributed by atoms with van der Waals surface area (Å²) in [5.74, 6) is 0.302. The van der Waals surface area contributed by atoms with Gasteiger partial charge in [-0.3, -0.25) is 10.1 Å². The summed E-state index contributed by atoms with van der Waals surface area (Å²) in [6, 6.07) is 13.9. The SMILES string of the molecule is O=C(COc1ccc(Cl)c(Cl)c1)Nc1nnc(-c2ccccc2)o1. The number of hydrogen-bond donors (Lipinski definition) is 1. The van der Waals surface area contributed by atoms with Gasteiger partial charge in [-0.15, -0.1) is 5.10 Å². The van der Waals surface area contributed by atoms with Crippen LogP contribution in [-0.4, -0.2) is 22.7 Å². The topological polar surface area (TPSA) is 77.2 Å². The summed E-state index contributed by atoms with van der Waals surface area (Å²) in [7, 11) is 0. The van der Waals surface area contributed by atoms with Gasteiger partial charge in [0, 0.05) is 11.6 Å². The van der Waals surface area contributed by atoms with Crippen LogP contribution in [-0.2, 0) is 4.79 Å². The highest BCUT2D eigenvalue weighted by molar-refractivity contribution is 6.42. The van der Waals surface area contributed by atoms with Crippen LogP contribution < -0.4 is 10.1 Å². The van der Waals surface area contributed by atoms with Crippen molar-refractivity contribution >= 4 is 35.1 Å². The van der Waals surface area contributed by atoms with E-state index in [1.807, 2.05) is 30.3 Å². The van der Waals surface area contributed by atoms with E-state index in [9.17, 15) is 4.79 Å². The first-order chi connectivity index (χ1) is 11.6. The second-order valence-corrected chi connectivity index (χ2v) is 5.51. The fraction of sp³-hybridized carbons (Fsp3) is 0.0625. The van der Waals surface area contributed by atoms with Gasteiger partial charge in [-0.2, -0.15) is 0 Å². The van der Waals surface area contributed by atoms with Crippen molar-refractivity contribution in [2.45, 2.75) is 0 Å². The molecule has 2 aromatic carbocycles. The number of hydrogen-bond acceptors (Lipinski definition) is 5. The molecule has 0 bridgehead atoms. The summed E-state index contributed by atoms with van der Waals surface area (Å²) >= 11 is 11.7. The maximum atomic E-state index is 11.9. The van der Waals surface area contributed by atoms with E-state index in [0.717, 1.165) is 5.56 Å². The Labute approximate surface area is 147 Å². The van der Waals surface area contributed by atoms with Crippen LogP contribution in [0.4, 0.5) is 6.01 Å². The lowest BCUT2D eigenvalue weighted by atomic mass is 10.2. The second kappa shape index (κ2) is 7.33. The van der Waals surface area contributed by atoms with E-state index in [0.29, 0.717) is 21.7 Å². The monoisotopic (exact) mass is 363 g/mol. The van der Waals surface area contributed by atoms with Crippen LogP contribution in [0.1, 0.15) is 0 Å². The molecule has 0 aliphatic heterocycles. The summed E-state index contributed by atoms with van der Waals surface area (Å²) in [6.07, 6.45) is 0. The molecule has 0 saturated heterocycles. The molecule has 0 fully saturated rings. The van der Waals surface area contributed by atoms with Crippen LogP contribution in [0.25, 0.3) is 11.5 Å². The first-order valence-corrected chi connectivity index (χ1v) is 7.64. The van der Waals surface area contributed by atoms with Gasteiger partial charge in [0.1, 0.15) is 5.75 Å². The molecule has 0 spiro atoms. The van der Waals surface area contributed by atoms with Gasteiger partial charge in [-0.25, -0.2) is 0 Å². The second-order valence-electron chi connectivity index (χ2n) is 4.69. The van der Waals surface area contributed by atoms with Crippen molar-refractivity contribution in [3.8, 4) is 17.2 Å². The third kappa shape index (κ3) is 4.04. The van der Waals surface area contributed by atoms with Crippen molar-refractivity contribution in [2.75, 3.05) is 11.9 Å². The summed E-state index contributed by atoms with van der Waals surface area (Å²) in [6.45, 7) is -0.235. The highest BCUT2D eigenvalue weighted by Gasteiger charge is 2.12. The van der Waals surface area contributed by atoms with Crippen LogP contribution in [0.5, 0.6) is 5.75 Å². The molecular weight excluding hydrogens is 353 g/mol. The number of anilines is 1. The van der Waals surface area contributed by atoms with E-state index in [2.05, 4.69) is 15.5 Å². The minimum atomic E-state index is -0.440. The molecule has 8 heteroatoms. The van der Waals surface area contributed by atoms with E-state index in [1.54, 1.807) is 12.1 Å². The van der Waals surface area contributed by atoms with Gasteiger partial charge in [-0.1, -0.05) is 46.5 Å². The molecule has 122 valence electrons. The van der Waals surface area contributed by atoms with Gasteiger partial charge in [0.15, 0.2) is 6.61 Å². The molecule has 1 aromatic heterocycles. The van der Waals surface area contributed by atoms with Crippen molar-refractivity contribution in [1.82, 2.24) is 10.2 Å². The minimum absolute atomic E-state index is 0.00316. The highest BCUT2D eigenvalue weighted by atomic mass is 35.5. The van der Waals surface area contributed by atoms with Gasteiger partial charge < -0.3 is 9.15 Å². The van der Waals surface area contributed by atoms with Crippen LogP contribution in [0.3, 0.4) is 0 Å². The molecule has 3 rings (SSSR count). The Bertz CT molecular complexity index is 853. The lowest BCUT2D eigenvalue weighted by Crippen LogP contribution is -2.20. The number of benzene rings is 2. The Morgan fingerprint density at radius 3 is 2.62 bits per heavy atom. The van der Waals surface area contributed by atoms with Crippen molar-refractivity contribution in [3.63, 3.8) is 0 Å². The predicted octanol–water partition coefficient (Wildman–Crippen LogP) is 4.06. The number of carbonyl (C=O) groups is 1. The molecule has 0 saturated carbocycles. The molecule has 1 heterocycles.